The fourth-order valence-electron chi connectivity index (χ4n) is 1.83. The van der Waals surface area contributed by atoms with Crippen molar-refractivity contribution in [1.82, 2.24) is 0 Å². The Morgan fingerprint density at radius 1 is 0.682 bits per heavy atom. The summed E-state index contributed by atoms with van der Waals surface area (Å²) in [5.41, 5.74) is 2.33. The molecular weight excluding hydrogens is 348 g/mol. The summed E-state index contributed by atoms with van der Waals surface area (Å²) in [4.78, 5) is 5.22. The predicted molar refractivity (Wildman–Crippen MR) is 107 cm³/mol. The van der Waals surface area contributed by atoms with Crippen molar-refractivity contribution in [2.75, 3.05) is 0 Å². The molecule has 0 unspecified atom stereocenters. The zero-order valence-electron chi connectivity index (χ0n) is 12.8. The van der Waals surface area contributed by atoms with E-state index < -0.39 is 0 Å². The van der Waals surface area contributed by atoms with Gasteiger partial charge in [0.05, 0.1) is 0 Å². The van der Waals surface area contributed by atoms with E-state index in [1.54, 1.807) is 47.4 Å². The first-order valence-corrected chi connectivity index (χ1v) is 10.0. The van der Waals surface area contributed by atoms with E-state index in [1.807, 2.05) is 0 Å². The maximum absolute atomic E-state index is 4.62. The number of allylic oxidation sites excluding steroid dienone is 4. The molecule has 0 spiro atoms. The highest BCUT2D eigenvalue weighted by Crippen LogP contribution is 2.39. The van der Waals surface area contributed by atoms with E-state index >= 15 is 0 Å². The molecule has 2 aliphatic heterocycles. The van der Waals surface area contributed by atoms with Crippen molar-refractivity contribution in [1.29, 1.82) is 0 Å². The Balaban J connectivity index is 1.86. The molecule has 2 heterocycles. The van der Waals surface area contributed by atoms with E-state index in [0.29, 0.717) is 0 Å². The molecule has 0 atom stereocenters. The summed E-state index contributed by atoms with van der Waals surface area (Å²) in [6, 6.07) is 8.53. The predicted octanol–water partition coefficient (Wildman–Crippen LogP) is 6.47. The second-order valence-corrected chi connectivity index (χ2v) is 9.35. The molecule has 1 aromatic rings. The maximum atomic E-state index is 4.62. The van der Waals surface area contributed by atoms with E-state index in [1.165, 1.54) is 30.7 Å². The van der Waals surface area contributed by atoms with Crippen LogP contribution in [-0.4, -0.2) is 10.1 Å². The lowest BCUT2D eigenvalue weighted by atomic mass is 10.1. The van der Waals surface area contributed by atoms with Crippen molar-refractivity contribution < 1.29 is 0 Å². The van der Waals surface area contributed by atoms with Gasteiger partial charge in [0.15, 0.2) is 0 Å². The lowest BCUT2D eigenvalue weighted by Gasteiger charge is -2.16. The number of nitrogens with zero attached hydrogens (tertiary/aromatic N) is 2. The monoisotopic (exact) mass is 364 g/mol. The largest absolute Gasteiger partial charge is 0.204 e. The Bertz CT molecular complexity index is 685. The van der Waals surface area contributed by atoms with Gasteiger partial charge >= 0.3 is 0 Å². The van der Waals surface area contributed by atoms with Gasteiger partial charge < -0.3 is 0 Å². The lowest BCUT2D eigenvalue weighted by Crippen LogP contribution is -2.03. The SMILES string of the molecule is CC1=C(C)SC(c2cccc(C3=NSC(C)=C(C)S3)c2)=NS1. The third-order valence-electron chi connectivity index (χ3n) is 3.38. The van der Waals surface area contributed by atoms with Gasteiger partial charge in [-0.25, -0.2) is 8.80 Å². The molecule has 0 N–H and O–H groups in total. The number of hydrogen-bond acceptors (Lipinski definition) is 6. The number of benzene rings is 1. The average Bonchev–Trinajstić information content (AvgIpc) is 2.53. The first kappa shape index (κ1) is 16.3. The average molecular weight is 365 g/mol. The Kier molecular flexibility index (Phi) is 5.12. The molecule has 0 saturated carbocycles. The Hall–Kier alpha value is -0.560. The highest BCUT2D eigenvalue weighted by atomic mass is 32.2. The summed E-state index contributed by atoms with van der Waals surface area (Å²) in [5.74, 6) is 0. The van der Waals surface area contributed by atoms with E-state index in [2.05, 4.69) is 60.8 Å². The molecule has 1 aromatic carbocycles. The van der Waals surface area contributed by atoms with Gasteiger partial charge in [-0.2, -0.15) is 0 Å². The zero-order valence-corrected chi connectivity index (χ0v) is 16.1. The van der Waals surface area contributed by atoms with Crippen LogP contribution >= 0.6 is 47.4 Å². The summed E-state index contributed by atoms with van der Waals surface area (Å²) in [6.07, 6.45) is 0. The minimum atomic E-state index is 1.08. The van der Waals surface area contributed by atoms with E-state index in [9.17, 15) is 0 Å². The van der Waals surface area contributed by atoms with Crippen LogP contribution in [0.25, 0.3) is 0 Å². The van der Waals surface area contributed by atoms with Gasteiger partial charge in [0, 0.05) is 44.8 Å². The highest BCUT2D eigenvalue weighted by molar-refractivity contribution is 8.20. The van der Waals surface area contributed by atoms with Crippen molar-refractivity contribution in [3.63, 3.8) is 0 Å². The van der Waals surface area contributed by atoms with Crippen LogP contribution in [-0.2, 0) is 0 Å². The van der Waals surface area contributed by atoms with E-state index in [4.69, 9.17) is 0 Å². The molecule has 2 nitrogen and oxygen atoms in total. The second-order valence-electron chi connectivity index (χ2n) is 4.99. The third kappa shape index (κ3) is 3.50. The van der Waals surface area contributed by atoms with Crippen LogP contribution in [0.5, 0.6) is 0 Å². The zero-order chi connectivity index (χ0) is 15.7. The molecular formula is C16H16N2S4. The Morgan fingerprint density at radius 2 is 1.14 bits per heavy atom. The van der Waals surface area contributed by atoms with Crippen molar-refractivity contribution >= 4 is 57.5 Å². The summed E-state index contributed by atoms with van der Waals surface area (Å²) < 4.78 is 9.24. The molecule has 6 heteroatoms. The second kappa shape index (κ2) is 6.91. The van der Waals surface area contributed by atoms with Crippen LogP contribution in [0.2, 0.25) is 0 Å². The number of hydrogen-bond donors (Lipinski definition) is 0. The molecule has 114 valence electrons. The minimum absolute atomic E-state index is 1.08. The van der Waals surface area contributed by atoms with Crippen LogP contribution in [0.15, 0.2) is 52.7 Å². The first-order valence-electron chi connectivity index (χ1n) is 6.86. The molecule has 0 fully saturated rings. The van der Waals surface area contributed by atoms with E-state index in [0.717, 1.165) is 10.1 Å². The lowest BCUT2D eigenvalue weighted by molar-refractivity contribution is 1.54. The van der Waals surface area contributed by atoms with Gasteiger partial charge in [0.25, 0.3) is 0 Å². The van der Waals surface area contributed by atoms with Crippen LogP contribution < -0.4 is 0 Å². The number of rotatable bonds is 2. The molecule has 3 rings (SSSR count). The van der Waals surface area contributed by atoms with Crippen molar-refractivity contribution in [2.45, 2.75) is 27.7 Å². The van der Waals surface area contributed by atoms with Crippen LogP contribution in [0.1, 0.15) is 38.8 Å². The van der Waals surface area contributed by atoms with Gasteiger partial charge in [-0.15, -0.1) is 0 Å². The fraction of sp³-hybridized carbons (Fsp3) is 0.250. The Morgan fingerprint density at radius 3 is 1.55 bits per heavy atom. The molecule has 0 aliphatic carbocycles. The molecule has 22 heavy (non-hydrogen) atoms. The minimum Gasteiger partial charge on any atom is -0.204 e. The van der Waals surface area contributed by atoms with Gasteiger partial charge in [-0.05, 0) is 43.6 Å². The van der Waals surface area contributed by atoms with E-state index in [-0.39, 0.29) is 0 Å². The molecule has 2 aliphatic rings. The highest BCUT2D eigenvalue weighted by Gasteiger charge is 2.17. The summed E-state index contributed by atoms with van der Waals surface area (Å²) in [6.45, 7) is 8.54. The van der Waals surface area contributed by atoms with Gasteiger partial charge in [-0.1, -0.05) is 41.7 Å². The van der Waals surface area contributed by atoms with Gasteiger partial charge in [-0.3, -0.25) is 0 Å². The maximum Gasteiger partial charge on any atom is 0.116 e. The van der Waals surface area contributed by atoms with Crippen molar-refractivity contribution in [2.24, 2.45) is 8.80 Å². The van der Waals surface area contributed by atoms with Crippen molar-refractivity contribution in [3.05, 3.63) is 55.0 Å². The fourth-order valence-corrected chi connectivity index (χ4v) is 5.09. The summed E-state index contributed by atoms with van der Waals surface area (Å²) in [5, 5.41) is 2.15. The molecule has 0 saturated heterocycles. The smallest absolute Gasteiger partial charge is 0.116 e. The van der Waals surface area contributed by atoms with Gasteiger partial charge in [0.2, 0.25) is 0 Å². The molecule has 0 aromatic heterocycles. The number of thioether (sulfide) groups is 2. The first-order chi connectivity index (χ1) is 10.5. The summed E-state index contributed by atoms with van der Waals surface area (Å²) >= 11 is 6.64. The summed E-state index contributed by atoms with van der Waals surface area (Å²) in [7, 11) is 0. The quantitative estimate of drug-likeness (QED) is 0.561. The third-order valence-corrected chi connectivity index (χ3v) is 7.84. The van der Waals surface area contributed by atoms with Crippen molar-refractivity contribution in [3.8, 4) is 0 Å². The standard InChI is InChI=1S/C16H16N2S4/c1-9-11(3)21-17-15(19-9)13-6-5-7-14(8-13)16-18-22-12(4)10(2)20-16/h5-8H,1-4H3. The van der Waals surface area contributed by atoms with Gasteiger partial charge in [0.1, 0.15) is 10.1 Å². The molecule has 0 radical (unpaired) electrons. The van der Waals surface area contributed by atoms with Crippen LogP contribution in [0.4, 0.5) is 0 Å². The molecule has 0 amide bonds. The topological polar surface area (TPSA) is 24.7 Å². The van der Waals surface area contributed by atoms with Crippen LogP contribution in [0, 0.1) is 0 Å². The molecule has 0 bridgehead atoms. The Labute approximate surface area is 148 Å². The normalized spacial score (nSPS) is 19.3. The van der Waals surface area contributed by atoms with Crippen LogP contribution in [0.3, 0.4) is 0 Å².